The molecule has 4 aliphatic rings. The van der Waals surface area contributed by atoms with E-state index in [0.29, 0.717) is 36.8 Å². The highest BCUT2D eigenvalue weighted by molar-refractivity contribution is 6.11. The first-order valence-electron chi connectivity index (χ1n) is 12.2. The minimum Gasteiger partial charge on any atom is -0.491 e. The normalized spacial score (nSPS) is 19.8. The van der Waals surface area contributed by atoms with E-state index in [9.17, 15) is 9.59 Å². The van der Waals surface area contributed by atoms with Crippen molar-refractivity contribution in [1.29, 1.82) is 0 Å². The number of ether oxygens (including phenoxy) is 3. The van der Waals surface area contributed by atoms with E-state index in [0.717, 1.165) is 28.2 Å². The zero-order valence-electron chi connectivity index (χ0n) is 19.9. The fraction of sp³-hybridized carbons (Fsp3) is 0.214. The third-order valence-corrected chi connectivity index (χ3v) is 7.32. The second kappa shape index (κ2) is 8.19. The van der Waals surface area contributed by atoms with E-state index in [1.807, 2.05) is 65.6 Å². The molecule has 9 nitrogen and oxygen atoms in total. The number of benzene rings is 3. The minimum atomic E-state index is -0.925. The van der Waals surface area contributed by atoms with Gasteiger partial charge < -0.3 is 29.7 Å². The smallest absolute Gasteiger partial charge is 0.326 e. The Morgan fingerprint density at radius 2 is 1.73 bits per heavy atom. The molecule has 0 aromatic heterocycles. The van der Waals surface area contributed by atoms with Crippen molar-refractivity contribution in [1.82, 2.24) is 5.32 Å². The molecule has 3 aromatic carbocycles. The fourth-order valence-electron chi connectivity index (χ4n) is 5.57. The van der Waals surface area contributed by atoms with Crippen LogP contribution in [0.5, 0.6) is 17.2 Å². The Morgan fingerprint density at radius 3 is 2.62 bits per heavy atom. The number of nitrogens with zero attached hydrogens (tertiary/aromatic N) is 2. The molecule has 2 N–H and O–H groups in total. The summed E-state index contributed by atoms with van der Waals surface area (Å²) in [6.45, 7) is 1.27. The van der Waals surface area contributed by atoms with E-state index < -0.39 is 5.41 Å². The van der Waals surface area contributed by atoms with Gasteiger partial charge in [0.25, 0.3) is 0 Å². The molecule has 1 unspecified atom stereocenters. The lowest BCUT2D eigenvalue weighted by Gasteiger charge is -2.26. The van der Waals surface area contributed by atoms with Gasteiger partial charge in [0.2, 0.25) is 12.7 Å². The van der Waals surface area contributed by atoms with Gasteiger partial charge in [0, 0.05) is 42.8 Å². The SMILES string of the molecule is O=C(NCCCN1C(=O)C2(COc3cc4c(cc32)OCO4)c2ccccc21)N1C=CNc2ccccc21. The van der Waals surface area contributed by atoms with Crippen molar-refractivity contribution in [2.75, 3.05) is 41.6 Å². The van der Waals surface area contributed by atoms with Gasteiger partial charge in [-0.15, -0.1) is 0 Å². The summed E-state index contributed by atoms with van der Waals surface area (Å²) in [6, 6.07) is 18.9. The van der Waals surface area contributed by atoms with Gasteiger partial charge in [-0.05, 0) is 36.2 Å². The Kier molecular flexibility index (Phi) is 4.78. The second-order valence-corrected chi connectivity index (χ2v) is 9.30. The molecule has 3 amide bonds. The number of carbonyl (C=O) groups is 2. The van der Waals surface area contributed by atoms with Crippen molar-refractivity contribution in [2.45, 2.75) is 11.8 Å². The fourth-order valence-corrected chi connectivity index (χ4v) is 5.57. The van der Waals surface area contributed by atoms with E-state index in [2.05, 4.69) is 10.6 Å². The maximum atomic E-state index is 14.0. The minimum absolute atomic E-state index is 0.0309. The first-order valence-corrected chi connectivity index (χ1v) is 12.2. The molecule has 0 fully saturated rings. The van der Waals surface area contributed by atoms with Crippen molar-refractivity contribution in [2.24, 2.45) is 0 Å². The van der Waals surface area contributed by atoms with Crippen LogP contribution in [0.4, 0.5) is 21.9 Å². The topological polar surface area (TPSA) is 92.4 Å². The Morgan fingerprint density at radius 1 is 0.946 bits per heavy atom. The molecular formula is C28H24N4O5. The molecule has 4 aliphatic heterocycles. The van der Waals surface area contributed by atoms with Crippen LogP contribution in [-0.4, -0.2) is 38.4 Å². The number of para-hydroxylation sites is 3. The van der Waals surface area contributed by atoms with Crippen LogP contribution in [0.2, 0.25) is 0 Å². The van der Waals surface area contributed by atoms with Crippen LogP contribution in [-0.2, 0) is 10.2 Å². The van der Waals surface area contributed by atoms with Gasteiger partial charge in [0.1, 0.15) is 17.8 Å². The molecule has 0 aliphatic carbocycles. The van der Waals surface area contributed by atoms with E-state index >= 15 is 0 Å². The Balaban J connectivity index is 1.09. The predicted octanol–water partition coefficient (Wildman–Crippen LogP) is 3.94. The Hall–Kier alpha value is -4.66. The summed E-state index contributed by atoms with van der Waals surface area (Å²) in [5.41, 5.74) is 3.32. The third kappa shape index (κ3) is 3.16. The van der Waals surface area contributed by atoms with Gasteiger partial charge in [0.15, 0.2) is 11.5 Å². The highest BCUT2D eigenvalue weighted by Crippen LogP contribution is 2.55. The Labute approximate surface area is 213 Å². The summed E-state index contributed by atoms with van der Waals surface area (Å²) in [5, 5.41) is 6.12. The zero-order chi connectivity index (χ0) is 25.0. The largest absolute Gasteiger partial charge is 0.491 e. The number of hydrogen-bond donors (Lipinski definition) is 2. The first-order chi connectivity index (χ1) is 18.2. The number of urea groups is 1. The predicted molar refractivity (Wildman–Crippen MR) is 137 cm³/mol. The summed E-state index contributed by atoms with van der Waals surface area (Å²) in [6.07, 6.45) is 4.02. The number of rotatable bonds is 4. The average molecular weight is 497 g/mol. The summed E-state index contributed by atoms with van der Waals surface area (Å²) in [5.74, 6) is 1.87. The molecule has 4 heterocycles. The monoisotopic (exact) mass is 496 g/mol. The first kappa shape index (κ1) is 21.6. The molecule has 3 aromatic rings. The lowest BCUT2D eigenvalue weighted by molar-refractivity contribution is -0.122. The number of anilines is 3. The highest BCUT2D eigenvalue weighted by atomic mass is 16.7. The van der Waals surface area contributed by atoms with Crippen LogP contribution < -0.4 is 34.6 Å². The van der Waals surface area contributed by atoms with Crippen molar-refractivity contribution in [3.05, 3.63) is 84.2 Å². The molecule has 0 saturated heterocycles. The van der Waals surface area contributed by atoms with Gasteiger partial charge >= 0.3 is 6.03 Å². The lowest BCUT2D eigenvalue weighted by Crippen LogP contribution is -2.44. The number of amides is 3. The van der Waals surface area contributed by atoms with E-state index in [-0.39, 0.29) is 25.3 Å². The standard InChI is InChI=1S/C28H24N4O5/c33-26-28(16-35-23-15-25-24(14-19(23)28)36-17-37-25)18-6-1-3-8-21(18)31(26)12-5-10-30-27(34)32-13-11-29-20-7-2-4-9-22(20)32/h1-4,6-9,11,13-15,29H,5,10,12,16-17H2,(H,30,34). The quantitative estimate of drug-likeness (QED) is 0.532. The summed E-state index contributed by atoms with van der Waals surface area (Å²) in [7, 11) is 0. The summed E-state index contributed by atoms with van der Waals surface area (Å²) < 4.78 is 17.1. The van der Waals surface area contributed by atoms with E-state index in [1.165, 1.54) is 0 Å². The van der Waals surface area contributed by atoms with Crippen molar-refractivity contribution in [3.63, 3.8) is 0 Å². The molecule has 37 heavy (non-hydrogen) atoms. The van der Waals surface area contributed by atoms with Gasteiger partial charge in [-0.3, -0.25) is 9.69 Å². The molecular weight excluding hydrogens is 472 g/mol. The van der Waals surface area contributed by atoms with E-state index in [4.69, 9.17) is 14.2 Å². The number of nitrogens with one attached hydrogen (secondary N) is 2. The second-order valence-electron chi connectivity index (χ2n) is 9.30. The zero-order valence-corrected chi connectivity index (χ0v) is 19.9. The molecule has 0 radical (unpaired) electrons. The van der Waals surface area contributed by atoms with Crippen LogP contribution in [0.3, 0.4) is 0 Å². The maximum Gasteiger partial charge on any atom is 0.326 e. The van der Waals surface area contributed by atoms with Crippen molar-refractivity contribution in [3.8, 4) is 17.2 Å². The number of carbonyl (C=O) groups excluding carboxylic acids is 2. The number of hydrogen-bond acceptors (Lipinski definition) is 6. The van der Waals surface area contributed by atoms with Crippen molar-refractivity contribution >= 4 is 29.0 Å². The van der Waals surface area contributed by atoms with Crippen LogP contribution in [0.1, 0.15) is 17.5 Å². The molecule has 0 bridgehead atoms. The molecule has 1 spiro atoms. The van der Waals surface area contributed by atoms with Gasteiger partial charge in [-0.1, -0.05) is 30.3 Å². The maximum absolute atomic E-state index is 14.0. The Bertz CT molecular complexity index is 1470. The van der Waals surface area contributed by atoms with Crippen LogP contribution in [0.25, 0.3) is 0 Å². The molecule has 7 rings (SSSR count). The van der Waals surface area contributed by atoms with Crippen molar-refractivity contribution < 1.29 is 23.8 Å². The van der Waals surface area contributed by atoms with Crippen LogP contribution in [0.15, 0.2) is 73.1 Å². The molecule has 0 saturated carbocycles. The van der Waals surface area contributed by atoms with Gasteiger partial charge in [0.05, 0.1) is 11.4 Å². The average Bonchev–Trinajstić information content (AvgIpc) is 3.61. The third-order valence-electron chi connectivity index (χ3n) is 7.32. The molecule has 186 valence electrons. The summed E-state index contributed by atoms with van der Waals surface area (Å²) >= 11 is 0. The molecule has 9 heteroatoms. The lowest BCUT2D eigenvalue weighted by atomic mass is 9.77. The highest BCUT2D eigenvalue weighted by Gasteiger charge is 2.57. The van der Waals surface area contributed by atoms with Gasteiger partial charge in [-0.25, -0.2) is 4.79 Å². The van der Waals surface area contributed by atoms with Gasteiger partial charge in [-0.2, -0.15) is 0 Å². The molecule has 1 atom stereocenters. The number of fused-ring (bicyclic) bond motifs is 6. The van der Waals surface area contributed by atoms with E-state index in [1.54, 1.807) is 17.3 Å². The van der Waals surface area contributed by atoms with Crippen LogP contribution >= 0.6 is 0 Å². The summed E-state index contributed by atoms with van der Waals surface area (Å²) in [4.78, 5) is 30.3. The van der Waals surface area contributed by atoms with Crippen LogP contribution in [0, 0.1) is 0 Å².